The maximum absolute atomic E-state index is 2.50. The van der Waals surface area contributed by atoms with Gasteiger partial charge in [-0.3, -0.25) is 0 Å². The third-order valence-electron chi connectivity index (χ3n) is 9.56. The van der Waals surface area contributed by atoms with Crippen LogP contribution in [0.25, 0.3) is 22.3 Å². The van der Waals surface area contributed by atoms with Gasteiger partial charge in [-0.25, -0.2) is 0 Å². The van der Waals surface area contributed by atoms with Gasteiger partial charge in [0.25, 0.3) is 0 Å². The van der Waals surface area contributed by atoms with Gasteiger partial charge >= 0.3 is 0 Å². The van der Waals surface area contributed by atoms with Crippen molar-refractivity contribution in [3.8, 4) is 22.3 Å². The molecule has 0 amide bonds. The molecule has 0 spiro atoms. The summed E-state index contributed by atoms with van der Waals surface area (Å²) in [4.78, 5) is 0. The second kappa shape index (κ2) is 13.7. The lowest BCUT2D eigenvalue weighted by atomic mass is 9.70. The van der Waals surface area contributed by atoms with Crippen LogP contribution in [0.2, 0.25) is 0 Å². The van der Waals surface area contributed by atoms with E-state index in [4.69, 9.17) is 0 Å². The molecule has 0 aromatic heterocycles. The summed E-state index contributed by atoms with van der Waals surface area (Å²) in [5, 5.41) is 0. The van der Waals surface area contributed by atoms with Gasteiger partial charge < -0.3 is 0 Å². The molecule has 0 unspecified atom stereocenters. The predicted molar refractivity (Wildman–Crippen MR) is 179 cm³/mol. The van der Waals surface area contributed by atoms with E-state index in [9.17, 15) is 0 Å². The van der Waals surface area contributed by atoms with Gasteiger partial charge in [0.15, 0.2) is 0 Å². The highest BCUT2D eigenvalue weighted by molar-refractivity contribution is 5.81. The average molecular weight is 543 g/mol. The Hall–Kier alpha value is -3.12. The van der Waals surface area contributed by atoms with E-state index < -0.39 is 0 Å². The zero-order valence-corrected chi connectivity index (χ0v) is 26.1. The smallest absolute Gasteiger partial charge is 0.0215 e. The van der Waals surface area contributed by atoms with E-state index >= 15 is 0 Å². The molecular formula is C41H50. The molecule has 4 aromatic rings. The number of fused-ring (bicyclic) bond motifs is 4. The van der Waals surface area contributed by atoms with Gasteiger partial charge in [0.1, 0.15) is 0 Å². The van der Waals surface area contributed by atoms with Crippen molar-refractivity contribution in [2.45, 2.75) is 110 Å². The zero-order chi connectivity index (χ0) is 28.7. The second-order valence-electron chi connectivity index (χ2n) is 12.7. The molecule has 0 saturated heterocycles. The molecule has 0 bridgehead atoms. The molecule has 6 rings (SSSR count). The summed E-state index contributed by atoms with van der Waals surface area (Å²) < 4.78 is 0. The Labute approximate surface area is 250 Å². The van der Waals surface area contributed by atoms with Crippen molar-refractivity contribution >= 4 is 0 Å². The summed E-state index contributed by atoms with van der Waals surface area (Å²) >= 11 is 0. The van der Waals surface area contributed by atoms with Crippen molar-refractivity contribution in [2.24, 2.45) is 0 Å². The molecule has 2 aliphatic carbocycles. The molecule has 0 N–H and O–H groups in total. The monoisotopic (exact) mass is 542 g/mol. The summed E-state index contributed by atoms with van der Waals surface area (Å²) in [5.41, 5.74) is 15.0. The van der Waals surface area contributed by atoms with Crippen LogP contribution in [0.5, 0.6) is 0 Å². The van der Waals surface area contributed by atoms with Crippen LogP contribution in [0.3, 0.4) is 0 Å². The number of unbranched alkanes of at least 4 members (excludes halogenated alkanes) is 6. The Morgan fingerprint density at radius 2 is 1.17 bits per heavy atom. The largest absolute Gasteiger partial charge is 0.0654 e. The first-order chi connectivity index (χ1) is 20.1. The molecule has 0 radical (unpaired) electrons. The van der Waals surface area contributed by atoms with Gasteiger partial charge in [0.05, 0.1) is 0 Å². The lowest BCUT2D eigenvalue weighted by molar-refractivity contribution is 0.401. The van der Waals surface area contributed by atoms with Crippen LogP contribution in [0.15, 0.2) is 84.9 Å². The topological polar surface area (TPSA) is 0 Å². The fourth-order valence-electron chi connectivity index (χ4n) is 7.14. The second-order valence-corrected chi connectivity index (χ2v) is 12.7. The molecule has 0 aliphatic heterocycles. The molecule has 214 valence electrons. The molecular weight excluding hydrogens is 492 g/mol. The lowest BCUT2D eigenvalue weighted by Gasteiger charge is -2.33. The van der Waals surface area contributed by atoms with Crippen LogP contribution in [0, 0.1) is 13.8 Å². The van der Waals surface area contributed by atoms with E-state index in [1.165, 1.54) is 122 Å². The van der Waals surface area contributed by atoms with E-state index in [0.717, 1.165) is 0 Å². The fourth-order valence-corrected chi connectivity index (χ4v) is 7.14. The summed E-state index contributed by atoms with van der Waals surface area (Å²) in [6.45, 7) is 9.01. The minimum absolute atomic E-state index is 0.249. The average Bonchev–Trinajstić information content (AvgIpc) is 3.23. The van der Waals surface area contributed by atoms with Crippen molar-refractivity contribution in [2.75, 3.05) is 0 Å². The molecule has 0 saturated carbocycles. The highest BCUT2D eigenvalue weighted by Gasteiger charge is 2.41. The zero-order valence-electron chi connectivity index (χ0n) is 26.1. The predicted octanol–water partition coefficient (Wildman–Crippen LogP) is 12.0. The molecule has 0 heterocycles. The van der Waals surface area contributed by atoms with Gasteiger partial charge in [0.2, 0.25) is 0 Å². The number of benzene rings is 4. The minimum Gasteiger partial charge on any atom is -0.0654 e. The fraction of sp³-hybridized carbons (Fsp3) is 0.415. The molecule has 41 heavy (non-hydrogen) atoms. The molecule has 0 atom stereocenters. The van der Waals surface area contributed by atoms with E-state index in [0.29, 0.717) is 0 Å². The Balaban J connectivity index is 0.000000189. The van der Waals surface area contributed by atoms with Crippen molar-refractivity contribution < 1.29 is 0 Å². The van der Waals surface area contributed by atoms with Crippen molar-refractivity contribution in [3.05, 3.63) is 118 Å². The standard InChI is InChI=1S/C26H36.C15H14/c1-4-6-8-12-18-26(19-13-9-7-5-2)24-15-11-10-14-22(24)23-17-16-21(3)20-25(23)26;1-11-3-2-4-13(9-11)15-8-6-12-5-7-14(12)10-15/h10-11,14-17,20H,4-9,12-13,18-19H2,1-3H3;2-4,6,8-10H,5,7H2,1H3. The summed E-state index contributed by atoms with van der Waals surface area (Å²) in [6.07, 6.45) is 16.0. The Kier molecular flexibility index (Phi) is 9.81. The Morgan fingerprint density at radius 3 is 1.83 bits per heavy atom. The number of aryl methyl sites for hydroxylation is 4. The summed E-state index contributed by atoms with van der Waals surface area (Å²) in [7, 11) is 0. The third kappa shape index (κ3) is 6.53. The summed E-state index contributed by atoms with van der Waals surface area (Å²) in [5.74, 6) is 0. The molecule has 2 aliphatic rings. The van der Waals surface area contributed by atoms with Crippen LogP contribution < -0.4 is 0 Å². The Bertz CT molecular complexity index is 1430. The Morgan fingerprint density at radius 1 is 0.512 bits per heavy atom. The van der Waals surface area contributed by atoms with Crippen molar-refractivity contribution in [1.82, 2.24) is 0 Å². The van der Waals surface area contributed by atoms with Gasteiger partial charge in [-0.05, 0) is 84.0 Å². The molecule has 0 heteroatoms. The van der Waals surface area contributed by atoms with Crippen LogP contribution in [-0.2, 0) is 18.3 Å². The number of rotatable bonds is 11. The SMILES string of the molecule is CCCCCCC1(CCCCCC)c2ccccc2-c2ccc(C)cc21.Cc1cccc(-c2ccc3c(c2)CC3)c1. The van der Waals surface area contributed by atoms with E-state index in [1.54, 1.807) is 11.1 Å². The van der Waals surface area contributed by atoms with E-state index in [1.807, 2.05) is 0 Å². The minimum atomic E-state index is 0.249. The highest BCUT2D eigenvalue weighted by Crippen LogP contribution is 2.54. The van der Waals surface area contributed by atoms with Crippen LogP contribution in [0.1, 0.15) is 111 Å². The van der Waals surface area contributed by atoms with Crippen LogP contribution in [-0.4, -0.2) is 0 Å². The van der Waals surface area contributed by atoms with Gasteiger partial charge in [-0.1, -0.05) is 161 Å². The number of hydrogen-bond acceptors (Lipinski definition) is 0. The molecule has 4 aromatic carbocycles. The van der Waals surface area contributed by atoms with Gasteiger partial charge in [-0.2, -0.15) is 0 Å². The van der Waals surface area contributed by atoms with Crippen LogP contribution in [0.4, 0.5) is 0 Å². The maximum Gasteiger partial charge on any atom is 0.0215 e. The van der Waals surface area contributed by atoms with E-state index in [-0.39, 0.29) is 5.41 Å². The maximum atomic E-state index is 2.50. The molecule has 0 fully saturated rings. The van der Waals surface area contributed by atoms with Crippen LogP contribution >= 0.6 is 0 Å². The first-order valence-electron chi connectivity index (χ1n) is 16.5. The van der Waals surface area contributed by atoms with Crippen molar-refractivity contribution in [1.29, 1.82) is 0 Å². The third-order valence-corrected chi connectivity index (χ3v) is 9.56. The van der Waals surface area contributed by atoms with Gasteiger partial charge in [0, 0.05) is 5.41 Å². The first-order valence-corrected chi connectivity index (χ1v) is 16.5. The number of hydrogen-bond donors (Lipinski definition) is 0. The quantitative estimate of drug-likeness (QED) is 0.165. The highest BCUT2D eigenvalue weighted by atomic mass is 14.4. The lowest BCUT2D eigenvalue weighted by Crippen LogP contribution is -2.25. The first kappa shape index (κ1) is 29.4. The summed E-state index contributed by atoms with van der Waals surface area (Å²) in [6, 6.07) is 32.0. The van der Waals surface area contributed by atoms with Gasteiger partial charge in [-0.15, -0.1) is 0 Å². The normalized spacial score (nSPS) is 13.9. The van der Waals surface area contributed by atoms with Crippen molar-refractivity contribution in [3.63, 3.8) is 0 Å². The molecule has 0 nitrogen and oxygen atoms in total. The van der Waals surface area contributed by atoms with E-state index in [2.05, 4.69) is 113 Å².